The number of aryl methyl sites for hydroxylation is 4. The third-order valence-corrected chi connectivity index (χ3v) is 5.87. The van der Waals surface area contributed by atoms with Crippen molar-refractivity contribution in [2.45, 2.75) is 40.7 Å². The molecule has 2 N–H and O–H groups in total. The number of rotatable bonds is 5. The first-order valence-electron chi connectivity index (χ1n) is 9.27. The van der Waals surface area contributed by atoms with E-state index in [9.17, 15) is 4.79 Å². The summed E-state index contributed by atoms with van der Waals surface area (Å²) >= 11 is 1.49. The van der Waals surface area contributed by atoms with Gasteiger partial charge in [-0.2, -0.15) is 0 Å². The lowest BCUT2D eigenvalue weighted by Crippen LogP contribution is -2.24. The minimum absolute atomic E-state index is 0.0397. The molecule has 6 heteroatoms. The van der Waals surface area contributed by atoms with Crippen LogP contribution in [0.15, 0.2) is 34.1 Å². The molecule has 4 aromatic rings. The van der Waals surface area contributed by atoms with Crippen molar-refractivity contribution in [1.29, 1.82) is 0 Å². The summed E-state index contributed by atoms with van der Waals surface area (Å²) in [7, 11) is 0. The molecule has 0 saturated carbocycles. The van der Waals surface area contributed by atoms with Gasteiger partial charge in [0.2, 0.25) is 5.91 Å². The van der Waals surface area contributed by atoms with Crippen molar-refractivity contribution in [3.8, 4) is 10.8 Å². The fourth-order valence-electron chi connectivity index (χ4n) is 3.40. The largest absolute Gasteiger partial charge is 0.459 e. The van der Waals surface area contributed by atoms with Gasteiger partial charge in [-0.05, 0) is 57.0 Å². The highest BCUT2D eigenvalue weighted by molar-refractivity contribution is 7.13. The molecule has 144 valence electrons. The van der Waals surface area contributed by atoms with Gasteiger partial charge in [0.05, 0.1) is 17.6 Å². The second-order valence-electron chi connectivity index (χ2n) is 7.23. The van der Waals surface area contributed by atoms with Crippen molar-refractivity contribution in [2.75, 3.05) is 0 Å². The van der Waals surface area contributed by atoms with Gasteiger partial charge in [0.25, 0.3) is 0 Å². The maximum absolute atomic E-state index is 12.4. The maximum atomic E-state index is 12.4. The third kappa shape index (κ3) is 3.60. The van der Waals surface area contributed by atoms with E-state index in [4.69, 9.17) is 4.42 Å². The van der Waals surface area contributed by atoms with Gasteiger partial charge in [0.1, 0.15) is 5.76 Å². The Morgan fingerprint density at radius 1 is 1.21 bits per heavy atom. The van der Waals surface area contributed by atoms with E-state index in [1.807, 2.05) is 24.4 Å². The SMILES string of the molecule is Cc1cc(CNC(=O)Cc2csc(-c3ccc(C)o3)n2)c2[nH]c(C)c(C)c2c1. The predicted octanol–water partition coefficient (Wildman–Crippen LogP) is 4.98. The minimum atomic E-state index is -0.0397. The molecule has 4 rings (SSSR count). The van der Waals surface area contributed by atoms with Crippen LogP contribution in [-0.4, -0.2) is 15.9 Å². The quantitative estimate of drug-likeness (QED) is 0.502. The first kappa shape index (κ1) is 18.5. The molecule has 0 spiro atoms. The lowest BCUT2D eigenvalue weighted by atomic mass is 10.0. The lowest BCUT2D eigenvalue weighted by molar-refractivity contribution is -0.120. The summed E-state index contributed by atoms with van der Waals surface area (Å²) in [6.07, 6.45) is 0.258. The zero-order valence-corrected chi connectivity index (χ0v) is 17.3. The Balaban J connectivity index is 1.45. The standard InChI is InChI=1S/C22H23N3O2S/c1-12-7-16(21-18(8-12)14(3)15(4)24-21)10-23-20(26)9-17-11-28-22(25-17)19-6-5-13(2)27-19/h5-8,11,24H,9-10H2,1-4H3,(H,23,26). The number of aromatic nitrogens is 2. The fourth-order valence-corrected chi connectivity index (χ4v) is 4.18. The summed E-state index contributed by atoms with van der Waals surface area (Å²) in [6, 6.07) is 8.13. The number of hydrogen-bond acceptors (Lipinski definition) is 4. The zero-order valence-electron chi connectivity index (χ0n) is 16.5. The van der Waals surface area contributed by atoms with Crippen LogP contribution in [0.1, 0.15) is 33.8 Å². The molecule has 0 fully saturated rings. The first-order chi connectivity index (χ1) is 13.4. The zero-order chi connectivity index (χ0) is 19.8. The molecule has 3 heterocycles. The van der Waals surface area contributed by atoms with Crippen LogP contribution in [0.25, 0.3) is 21.7 Å². The molecule has 0 radical (unpaired) electrons. The van der Waals surface area contributed by atoms with Crippen LogP contribution < -0.4 is 5.32 Å². The van der Waals surface area contributed by atoms with E-state index in [0.717, 1.165) is 39.0 Å². The Morgan fingerprint density at radius 2 is 2.04 bits per heavy atom. The smallest absolute Gasteiger partial charge is 0.226 e. The van der Waals surface area contributed by atoms with Crippen molar-refractivity contribution >= 4 is 28.1 Å². The number of thiazole rings is 1. The number of carbonyl (C=O) groups is 1. The number of H-pyrrole nitrogens is 1. The van der Waals surface area contributed by atoms with E-state index in [1.54, 1.807) is 0 Å². The van der Waals surface area contributed by atoms with Crippen LogP contribution >= 0.6 is 11.3 Å². The van der Waals surface area contributed by atoms with E-state index in [1.165, 1.54) is 27.8 Å². The summed E-state index contributed by atoms with van der Waals surface area (Å²) in [5.41, 5.74) is 6.57. The summed E-state index contributed by atoms with van der Waals surface area (Å²) in [5, 5.41) is 6.96. The van der Waals surface area contributed by atoms with Crippen molar-refractivity contribution in [2.24, 2.45) is 0 Å². The summed E-state index contributed by atoms with van der Waals surface area (Å²) < 4.78 is 5.60. The van der Waals surface area contributed by atoms with Crippen molar-refractivity contribution < 1.29 is 9.21 Å². The number of benzene rings is 1. The van der Waals surface area contributed by atoms with Crippen LogP contribution in [0.3, 0.4) is 0 Å². The summed E-state index contributed by atoms with van der Waals surface area (Å²) in [6.45, 7) is 8.68. The van der Waals surface area contributed by atoms with E-state index >= 15 is 0 Å². The van der Waals surface area contributed by atoms with Crippen LogP contribution in [0, 0.1) is 27.7 Å². The molecule has 0 aliphatic carbocycles. The average molecular weight is 394 g/mol. The monoisotopic (exact) mass is 393 g/mol. The Kier molecular flexibility index (Phi) is 4.81. The van der Waals surface area contributed by atoms with Gasteiger partial charge in [0.15, 0.2) is 10.8 Å². The van der Waals surface area contributed by atoms with E-state index in [-0.39, 0.29) is 12.3 Å². The number of aromatic amines is 1. The molecule has 0 atom stereocenters. The number of hydrogen-bond donors (Lipinski definition) is 2. The predicted molar refractivity (Wildman–Crippen MR) is 113 cm³/mol. The number of amides is 1. The molecule has 0 aliphatic heterocycles. The van der Waals surface area contributed by atoms with Gasteiger partial charge in [-0.3, -0.25) is 4.79 Å². The number of furan rings is 1. The van der Waals surface area contributed by atoms with Gasteiger partial charge in [-0.1, -0.05) is 11.6 Å². The molecule has 1 aromatic carbocycles. The molecule has 0 bridgehead atoms. The van der Waals surface area contributed by atoms with Gasteiger partial charge < -0.3 is 14.7 Å². The van der Waals surface area contributed by atoms with Crippen molar-refractivity contribution in [3.63, 3.8) is 0 Å². The maximum Gasteiger partial charge on any atom is 0.226 e. The highest BCUT2D eigenvalue weighted by Gasteiger charge is 2.13. The number of nitrogens with zero attached hydrogens (tertiary/aromatic N) is 1. The van der Waals surface area contributed by atoms with Crippen LogP contribution in [0.2, 0.25) is 0 Å². The molecular weight excluding hydrogens is 370 g/mol. The van der Waals surface area contributed by atoms with Crippen LogP contribution in [0.5, 0.6) is 0 Å². The highest BCUT2D eigenvalue weighted by Crippen LogP contribution is 2.27. The van der Waals surface area contributed by atoms with Gasteiger partial charge in [-0.25, -0.2) is 4.98 Å². The van der Waals surface area contributed by atoms with Gasteiger partial charge in [-0.15, -0.1) is 11.3 Å². The average Bonchev–Trinajstić information content (AvgIpc) is 3.35. The molecule has 3 aromatic heterocycles. The highest BCUT2D eigenvalue weighted by atomic mass is 32.1. The molecule has 5 nitrogen and oxygen atoms in total. The number of nitrogens with one attached hydrogen (secondary N) is 2. The molecule has 0 aliphatic rings. The number of carbonyl (C=O) groups excluding carboxylic acids is 1. The van der Waals surface area contributed by atoms with E-state index in [2.05, 4.69) is 48.2 Å². The minimum Gasteiger partial charge on any atom is -0.459 e. The van der Waals surface area contributed by atoms with Gasteiger partial charge >= 0.3 is 0 Å². The Hall–Kier alpha value is -2.86. The Bertz CT molecular complexity index is 1170. The molecular formula is C22H23N3O2S. The van der Waals surface area contributed by atoms with Crippen LogP contribution in [0.4, 0.5) is 0 Å². The van der Waals surface area contributed by atoms with Crippen molar-refractivity contribution in [1.82, 2.24) is 15.3 Å². The van der Waals surface area contributed by atoms with Crippen LogP contribution in [-0.2, 0) is 17.8 Å². The Morgan fingerprint density at radius 3 is 2.79 bits per heavy atom. The normalized spacial score (nSPS) is 11.3. The Labute approximate surface area is 167 Å². The molecule has 28 heavy (non-hydrogen) atoms. The second kappa shape index (κ2) is 7.28. The van der Waals surface area contributed by atoms with E-state index < -0.39 is 0 Å². The summed E-state index contributed by atoms with van der Waals surface area (Å²) in [4.78, 5) is 20.4. The number of fused-ring (bicyclic) bond motifs is 1. The third-order valence-electron chi connectivity index (χ3n) is 4.96. The second-order valence-corrected chi connectivity index (χ2v) is 8.09. The van der Waals surface area contributed by atoms with Crippen molar-refractivity contribution in [3.05, 3.63) is 63.5 Å². The summed E-state index contributed by atoms with van der Waals surface area (Å²) in [5.74, 6) is 1.56. The van der Waals surface area contributed by atoms with Gasteiger partial charge in [0, 0.05) is 23.0 Å². The fraction of sp³-hybridized carbons (Fsp3) is 0.273. The van der Waals surface area contributed by atoms with E-state index in [0.29, 0.717) is 6.54 Å². The topological polar surface area (TPSA) is 70.9 Å². The molecule has 1 amide bonds. The molecule has 0 unspecified atom stereocenters. The first-order valence-corrected chi connectivity index (χ1v) is 10.1. The lowest BCUT2D eigenvalue weighted by Gasteiger charge is -2.08. The molecule has 0 saturated heterocycles.